The van der Waals surface area contributed by atoms with Crippen molar-refractivity contribution in [3.63, 3.8) is 0 Å². The quantitative estimate of drug-likeness (QED) is 0.798. The summed E-state index contributed by atoms with van der Waals surface area (Å²) < 4.78 is 43.4. The summed E-state index contributed by atoms with van der Waals surface area (Å²) in [6, 6.07) is 5.24. The fourth-order valence-corrected chi connectivity index (χ4v) is 1.18. The van der Waals surface area contributed by atoms with Gasteiger partial charge in [-0.3, -0.25) is 0 Å². The van der Waals surface area contributed by atoms with E-state index in [2.05, 4.69) is 0 Å². The molecule has 0 aliphatic carbocycles. The maximum atomic E-state index is 11.8. The Kier molecular flexibility index (Phi) is 3.83. The number of rotatable bonds is 7. The minimum atomic E-state index is -3.25. The van der Waals surface area contributed by atoms with Gasteiger partial charge in [0.1, 0.15) is 12.6 Å². The van der Waals surface area contributed by atoms with Crippen LogP contribution in [0.15, 0.2) is 30.3 Å². The van der Waals surface area contributed by atoms with Crippen molar-refractivity contribution in [2.24, 2.45) is 0 Å². The molecule has 1 atom stereocenters. The maximum absolute atomic E-state index is 11.8. The first-order chi connectivity index (χ1) is 11.0. The zero-order chi connectivity index (χ0) is 18.6. The van der Waals surface area contributed by atoms with Crippen LogP contribution in [0.4, 0.5) is 4.79 Å². The predicted octanol–water partition coefficient (Wildman–Crippen LogP) is 2.56. The third-order valence-corrected chi connectivity index (χ3v) is 2.04. The predicted molar refractivity (Wildman–Crippen MR) is 70.7 cm³/mol. The summed E-state index contributed by atoms with van der Waals surface area (Å²) in [5, 5.41) is 10.8. The van der Waals surface area contributed by atoms with Crippen LogP contribution >= 0.6 is 0 Å². The van der Waals surface area contributed by atoms with Crippen molar-refractivity contribution in [1.29, 1.82) is 0 Å². The molecule has 0 spiro atoms. The molecule has 5 heteroatoms. The Labute approximate surface area is 119 Å². The molecule has 0 aliphatic rings. The second-order valence-corrected chi connectivity index (χ2v) is 3.52. The lowest BCUT2D eigenvalue weighted by Gasteiger charge is -2.14. The van der Waals surface area contributed by atoms with Gasteiger partial charge in [-0.1, -0.05) is 50.0 Å². The third kappa shape index (κ3) is 5.90. The molecule has 1 amide bonds. The van der Waals surface area contributed by atoms with E-state index in [0.717, 1.165) is 0 Å². The van der Waals surface area contributed by atoms with Gasteiger partial charge in [-0.15, -0.1) is 0 Å². The number of nitrogens with one attached hydrogen (secondary N) is 1. The topological polar surface area (TPSA) is 75.6 Å². The van der Waals surface area contributed by atoms with Crippen LogP contribution in [0, 0.1) is 0 Å². The van der Waals surface area contributed by atoms with Crippen molar-refractivity contribution in [1.82, 2.24) is 5.32 Å². The Hall–Kier alpha value is -2.04. The van der Waals surface area contributed by atoms with E-state index in [0.29, 0.717) is 5.56 Å². The molecule has 0 radical (unpaired) electrons. The van der Waals surface area contributed by atoms with Crippen LogP contribution in [0.2, 0.25) is 0 Å². The second-order valence-electron chi connectivity index (χ2n) is 3.52. The van der Waals surface area contributed by atoms with Crippen LogP contribution in [0.25, 0.3) is 0 Å². The molecule has 2 N–H and O–H groups in total. The van der Waals surface area contributed by atoms with Gasteiger partial charge < -0.3 is 15.2 Å². The van der Waals surface area contributed by atoms with E-state index < -0.39 is 30.8 Å². The number of carboxylic acids is 1. The molecule has 1 aromatic rings. The van der Waals surface area contributed by atoms with Crippen molar-refractivity contribution < 1.29 is 26.3 Å². The molecule has 0 bridgehead atoms. The van der Waals surface area contributed by atoms with Crippen molar-refractivity contribution >= 4 is 12.1 Å². The van der Waals surface area contributed by atoms with E-state index >= 15 is 0 Å². The van der Waals surface area contributed by atoms with Crippen molar-refractivity contribution in [2.45, 2.75) is 38.7 Å². The molecule has 0 aromatic heterocycles. The zero-order valence-corrected chi connectivity index (χ0v) is 10.5. The Morgan fingerprint density at radius 1 is 1.47 bits per heavy atom. The van der Waals surface area contributed by atoms with Gasteiger partial charge in [-0.05, 0) is 11.9 Å². The fourth-order valence-electron chi connectivity index (χ4n) is 1.18. The smallest absolute Gasteiger partial charge is 0.408 e. The highest BCUT2D eigenvalue weighted by atomic mass is 16.5. The normalized spacial score (nSPS) is 18.7. The Balaban J connectivity index is 2.92. The highest BCUT2D eigenvalue weighted by molar-refractivity contribution is 5.79. The highest BCUT2D eigenvalue weighted by Gasteiger charge is 2.19. The highest BCUT2D eigenvalue weighted by Crippen LogP contribution is 2.03. The van der Waals surface area contributed by atoms with Gasteiger partial charge in [-0.25, -0.2) is 9.59 Å². The lowest BCUT2D eigenvalue weighted by atomic mass is 10.1. The first-order valence-corrected chi connectivity index (χ1v) is 5.70. The SMILES string of the molecule is [2H]C([2H])(CC)C([2H])([2H])C([2H])(NC(=O)OCc1ccccc1)C(=O)O. The zero-order valence-electron chi connectivity index (χ0n) is 15.5. The minimum absolute atomic E-state index is 0.202. The van der Waals surface area contributed by atoms with E-state index in [1.165, 1.54) is 6.92 Å². The molecule has 5 nitrogen and oxygen atoms in total. The molecule has 0 saturated carbocycles. The summed E-state index contributed by atoms with van der Waals surface area (Å²) in [6.07, 6.45) is -7.56. The Morgan fingerprint density at radius 3 is 2.74 bits per heavy atom. The van der Waals surface area contributed by atoms with Crippen molar-refractivity contribution in [2.75, 3.05) is 0 Å². The minimum Gasteiger partial charge on any atom is -0.480 e. The molecule has 1 unspecified atom stereocenters. The average molecular weight is 270 g/mol. The number of hydrogen-bond donors (Lipinski definition) is 2. The van der Waals surface area contributed by atoms with Gasteiger partial charge in [0.15, 0.2) is 0 Å². The van der Waals surface area contributed by atoms with Gasteiger partial charge in [0.2, 0.25) is 0 Å². The van der Waals surface area contributed by atoms with Gasteiger partial charge in [-0.2, -0.15) is 0 Å². The standard InChI is InChI=1S/C14H19NO4/c1-2-3-9-12(13(16)17)15-14(18)19-10-11-7-5-4-6-8-11/h4-8,12H,2-3,9-10H2,1H3,(H,15,18)(H,16,17)/i3D2,9D2,12D. The maximum Gasteiger partial charge on any atom is 0.408 e. The first-order valence-electron chi connectivity index (χ1n) is 8.20. The van der Waals surface area contributed by atoms with Crippen LogP contribution < -0.4 is 5.32 Å². The van der Waals surface area contributed by atoms with Gasteiger partial charge in [0.05, 0.1) is 1.37 Å². The number of carboxylic acid groups (broad SMARTS) is 1. The average Bonchev–Trinajstić information content (AvgIpc) is 2.53. The Morgan fingerprint density at radius 2 is 2.16 bits per heavy atom. The number of ether oxygens (including phenoxy) is 1. The van der Waals surface area contributed by atoms with E-state index in [9.17, 15) is 14.7 Å². The number of aliphatic carboxylic acids is 1. The van der Waals surface area contributed by atoms with Crippen LogP contribution in [-0.2, 0) is 16.1 Å². The third-order valence-electron chi connectivity index (χ3n) is 2.04. The fraction of sp³-hybridized carbons (Fsp3) is 0.429. The number of hydrogen-bond acceptors (Lipinski definition) is 3. The summed E-state index contributed by atoms with van der Waals surface area (Å²) in [7, 11) is 0. The van der Waals surface area contributed by atoms with E-state index in [4.69, 9.17) is 11.6 Å². The van der Waals surface area contributed by atoms with Crippen LogP contribution in [0.1, 0.15) is 38.5 Å². The molecule has 0 aliphatic heterocycles. The summed E-state index contributed by atoms with van der Waals surface area (Å²) in [5.41, 5.74) is 0.616. The molecule has 0 fully saturated rings. The van der Waals surface area contributed by atoms with Crippen LogP contribution in [0.3, 0.4) is 0 Å². The summed E-state index contributed by atoms with van der Waals surface area (Å²) in [5.74, 6) is -2.03. The molecule has 1 rings (SSSR count). The van der Waals surface area contributed by atoms with Crippen LogP contribution in [0.5, 0.6) is 0 Å². The van der Waals surface area contributed by atoms with Gasteiger partial charge >= 0.3 is 12.1 Å². The molecule has 1 aromatic carbocycles. The van der Waals surface area contributed by atoms with Crippen LogP contribution in [-0.4, -0.2) is 23.2 Å². The largest absolute Gasteiger partial charge is 0.480 e. The molecule has 0 heterocycles. The van der Waals surface area contributed by atoms with Gasteiger partial charge in [0.25, 0.3) is 0 Å². The molecule has 19 heavy (non-hydrogen) atoms. The number of carbonyl (C=O) groups is 2. The lowest BCUT2D eigenvalue weighted by Crippen LogP contribution is -2.40. The van der Waals surface area contributed by atoms with E-state index in [1.807, 2.05) is 0 Å². The number of benzene rings is 1. The van der Waals surface area contributed by atoms with Crippen molar-refractivity contribution in [3.05, 3.63) is 35.9 Å². The first kappa shape index (κ1) is 8.96. The van der Waals surface area contributed by atoms with Gasteiger partial charge in [0, 0.05) is 5.48 Å². The van der Waals surface area contributed by atoms with E-state index in [1.54, 1.807) is 35.6 Å². The monoisotopic (exact) mass is 270 g/mol. The number of carbonyl (C=O) groups excluding carboxylic acids is 1. The number of alkyl carbamates (subject to hydrolysis) is 1. The molecule has 0 saturated heterocycles. The number of amides is 1. The molecular weight excluding hydrogens is 246 g/mol. The summed E-state index contributed by atoms with van der Waals surface area (Å²) in [6.45, 7) is 1.11. The van der Waals surface area contributed by atoms with Crippen molar-refractivity contribution in [3.8, 4) is 0 Å². The lowest BCUT2D eigenvalue weighted by molar-refractivity contribution is -0.139. The summed E-state index contributed by atoms with van der Waals surface area (Å²) >= 11 is 0. The summed E-state index contributed by atoms with van der Waals surface area (Å²) in [4.78, 5) is 23.2. The van der Waals surface area contributed by atoms with E-state index in [-0.39, 0.29) is 13.0 Å². The molecule has 104 valence electrons. The second kappa shape index (κ2) is 8.13. The Bertz CT molecular complexity index is 596. The molecular formula is C14H19NO4.